The number of nitrogens with one attached hydrogen (secondary N) is 1. The molecule has 1 N–H and O–H groups in total. The number of nitrogens with zero attached hydrogens (tertiary/aromatic N) is 2. The molecule has 2 amide bonds. The Labute approximate surface area is 268 Å². The quantitative estimate of drug-likeness (QED) is 0.196. The van der Waals surface area contributed by atoms with E-state index in [-0.39, 0.29) is 36.2 Å². The number of halogens is 2. The zero-order chi connectivity index (χ0) is 31.8. The van der Waals surface area contributed by atoms with Crippen molar-refractivity contribution in [3.8, 4) is 0 Å². The molecule has 10 heteroatoms. The monoisotopic (exact) mass is 647 g/mol. The number of sulfonamides is 1. The van der Waals surface area contributed by atoms with E-state index >= 15 is 0 Å². The van der Waals surface area contributed by atoms with Crippen molar-refractivity contribution in [3.63, 3.8) is 0 Å². The summed E-state index contributed by atoms with van der Waals surface area (Å²) in [6, 6.07) is 27.7. The van der Waals surface area contributed by atoms with Crippen molar-refractivity contribution >= 4 is 33.4 Å². The van der Waals surface area contributed by atoms with E-state index in [1.165, 1.54) is 21.3 Å². The summed E-state index contributed by atoms with van der Waals surface area (Å²) in [7, 11) is -3.54. The molecule has 1 fully saturated rings. The van der Waals surface area contributed by atoms with Gasteiger partial charge in [0.05, 0.1) is 4.90 Å². The van der Waals surface area contributed by atoms with Gasteiger partial charge in [0.1, 0.15) is 11.9 Å². The first-order valence-electron chi connectivity index (χ1n) is 14.9. The molecule has 0 aromatic heterocycles. The molecule has 5 rings (SSSR count). The van der Waals surface area contributed by atoms with Gasteiger partial charge in [0.2, 0.25) is 21.8 Å². The Morgan fingerprint density at radius 2 is 1.47 bits per heavy atom. The minimum absolute atomic E-state index is 0.0700. The van der Waals surface area contributed by atoms with Gasteiger partial charge in [0.25, 0.3) is 0 Å². The zero-order valence-corrected chi connectivity index (χ0v) is 26.3. The summed E-state index contributed by atoms with van der Waals surface area (Å²) in [6.45, 7) is 1.30. The molecule has 0 saturated carbocycles. The number of rotatable bonds is 12. The van der Waals surface area contributed by atoms with Gasteiger partial charge in [0, 0.05) is 37.6 Å². The summed E-state index contributed by atoms with van der Waals surface area (Å²) in [5.41, 5.74) is 2.83. The fraction of sp³-hybridized carbons (Fsp3) is 0.257. The average molecular weight is 648 g/mol. The number of carbonyl (C=O) groups excluding carboxylic acids is 2. The van der Waals surface area contributed by atoms with Gasteiger partial charge in [0.15, 0.2) is 0 Å². The molecule has 1 aliphatic heterocycles. The molecular weight excluding hydrogens is 613 g/mol. The van der Waals surface area contributed by atoms with Gasteiger partial charge in [-0.25, -0.2) is 12.8 Å². The van der Waals surface area contributed by atoms with Crippen LogP contribution in [0.1, 0.15) is 47.6 Å². The Morgan fingerprint density at radius 3 is 2.13 bits per heavy atom. The fourth-order valence-corrected chi connectivity index (χ4v) is 7.16. The molecule has 1 saturated heterocycles. The molecule has 45 heavy (non-hydrogen) atoms. The Bertz CT molecular complexity index is 1710. The number of amides is 2. The summed E-state index contributed by atoms with van der Waals surface area (Å²) in [4.78, 5) is 29.6. The van der Waals surface area contributed by atoms with Crippen molar-refractivity contribution in [2.24, 2.45) is 0 Å². The average Bonchev–Trinajstić information content (AvgIpc) is 3.61. The van der Waals surface area contributed by atoms with Gasteiger partial charge in [-0.05, 0) is 71.8 Å². The van der Waals surface area contributed by atoms with Gasteiger partial charge >= 0.3 is 0 Å². The largest absolute Gasteiger partial charge is 0.350 e. The predicted octanol–water partition coefficient (Wildman–Crippen LogP) is 6.28. The van der Waals surface area contributed by atoms with Crippen LogP contribution in [0.15, 0.2) is 108 Å². The molecule has 0 spiro atoms. The number of hydrogen-bond acceptors (Lipinski definition) is 4. The molecule has 0 bridgehead atoms. The lowest BCUT2D eigenvalue weighted by atomic mass is 10.0. The Balaban J connectivity index is 1.38. The molecular formula is C35H35ClFN3O4S. The minimum Gasteiger partial charge on any atom is -0.350 e. The Morgan fingerprint density at radius 1 is 0.844 bits per heavy atom. The van der Waals surface area contributed by atoms with Crippen LogP contribution in [0.5, 0.6) is 0 Å². The highest BCUT2D eigenvalue weighted by Crippen LogP contribution is 2.27. The van der Waals surface area contributed by atoms with Crippen molar-refractivity contribution in [2.75, 3.05) is 13.1 Å². The molecule has 0 aliphatic carbocycles. The van der Waals surface area contributed by atoms with E-state index in [9.17, 15) is 22.4 Å². The van der Waals surface area contributed by atoms with E-state index in [2.05, 4.69) is 5.32 Å². The van der Waals surface area contributed by atoms with Crippen LogP contribution in [0, 0.1) is 5.82 Å². The lowest BCUT2D eigenvalue weighted by Gasteiger charge is -2.32. The third kappa shape index (κ3) is 8.16. The van der Waals surface area contributed by atoms with Gasteiger partial charge in [-0.3, -0.25) is 9.59 Å². The second-order valence-corrected chi connectivity index (χ2v) is 13.4. The van der Waals surface area contributed by atoms with Gasteiger partial charge in [-0.15, -0.1) is 0 Å². The van der Waals surface area contributed by atoms with Crippen LogP contribution >= 0.6 is 11.6 Å². The summed E-state index contributed by atoms with van der Waals surface area (Å²) in [6.07, 6.45) is 2.12. The van der Waals surface area contributed by atoms with E-state index in [4.69, 9.17) is 11.6 Å². The third-order valence-electron chi connectivity index (χ3n) is 7.93. The van der Waals surface area contributed by atoms with Crippen molar-refractivity contribution < 1.29 is 22.4 Å². The smallest absolute Gasteiger partial charge is 0.247 e. The summed E-state index contributed by atoms with van der Waals surface area (Å²) < 4.78 is 41.1. The van der Waals surface area contributed by atoms with Crippen molar-refractivity contribution in [2.45, 2.75) is 49.7 Å². The summed E-state index contributed by atoms with van der Waals surface area (Å²) >= 11 is 6.32. The maximum Gasteiger partial charge on any atom is 0.247 e. The first-order chi connectivity index (χ1) is 21.7. The van der Waals surface area contributed by atoms with Crippen molar-refractivity contribution in [1.82, 2.24) is 14.5 Å². The van der Waals surface area contributed by atoms with Crippen LogP contribution in [-0.4, -0.2) is 42.5 Å². The fourth-order valence-electron chi connectivity index (χ4n) is 5.44. The second-order valence-electron chi connectivity index (χ2n) is 11.0. The van der Waals surface area contributed by atoms with Crippen LogP contribution in [0.3, 0.4) is 0 Å². The normalized spacial score (nSPS) is 14.2. The molecule has 1 heterocycles. The topological polar surface area (TPSA) is 86.8 Å². The Kier molecular flexibility index (Phi) is 10.7. The molecule has 4 aromatic rings. The van der Waals surface area contributed by atoms with E-state index in [1.807, 2.05) is 36.4 Å². The molecule has 0 radical (unpaired) electrons. The number of benzene rings is 4. The number of aryl methyl sites for hydroxylation is 1. The summed E-state index contributed by atoms with van der Waals surface area (Å²) in [5.74, 6) is -1.06. The molecule has 1 atom stereocenters. The SMILES string of the molecule is O=C(NCc1ccccc1Cl)C(c1ccccc1)N(Cc1ccc(F)cc1)C(=O)CCc1ccc(S(=O)(=O)N2CCCC2)cc1. The predicted molar refractivity (Wildman–Crippen MR) is 172 cm³/mol. The van der Waals surface area contributed by atoms with Crippen molar-refractivity contribution in [3.05, 3.63) is 136 Å². The van der Waals surface area contributed by atoms with E-state index < -0.39 is 21.9 Å². The zero-order valence-electron chi connectivity index (χ0n) is 24.7. The van der Waals surface area contributed by atoms with E-state index in [0.717, 1.165) is 24.0 Å². The van der Waals surface area contributed by atoms with Crippen LogP contribution in [-0.2, 0) is 39.1 Å². The maximum absolute atomic E-state index is 14.0. The standard InChI is InChI=1S/C35H35ClFN3O4S/c36-32-11-5-4-10-29(32)24-38-35(42)34(28-8-2-1-3-9-28)40(25-27-12-17-30(37)18-13-27)33(41)21-16-26-14-19-31(20-15-26)45(43,44)39-22-6-7-23-39/h1-5,8-15,17-20,34H,6-7,16,21-25H2,(H,38,42). The van der Waals surface area contributed by atoms with Crippen LogP contribution in [0.2, 0.25) is 5.02 Å². The molecule has 1 unspecified atom stereocenters. The van der Waals surface area contributed by atoms with E-state index in [1.54, 1.807) is 54.6 Å². The molecule has 234 valence electrons. The molecule has 7 nitrogen and oxygen atoms in total. The van der Waals surface area contributed by atoms with E-state index in [0.29, 0.717) is 35.7 Å². The highest BCUT2D eigenvalue weighted by Gasteiger charge is 2.32. The lowest BCUT2D eigenvalue weighted by molar-refractivity contribution is -0.141. The first-order valence-corrected chi connectivity index (χ1v) is 16.7. The van der Waals surface area contributed by atoms with Gasteiger partial charge < -0.3 is 10.2 Å². The highest BCUT2D eigenvalue weighted by atomic mass is 35.5. The van der Waals surface area contributed by atoms with Crippen molar-refractivity contribution in [1.29, 1.82) is 0 Å². The Hall–Kier alpha value is -4.05. The molecule has 4 aromatic carbocycles. The van der Waals surface area contributed by atoms with Gasteiger partial charge in [-0.2, -0.15) is 4.31 Å². The van der Waals surface area contributed by atoms with Crippen LogP contribution in [0.4, 0.5) is 4.39 Å². The number of hydrogen-bond donors (Lipinski definition) is 1. The second kappa shape index (κ2) is 14.8. The molecule has 1 aliphatic rings. The van der Waals surface area contributed by atoms with Crippen LogP contribution in [0.25, 0.3) is 0 Å². The van der Waals surface area contributed by atoms with Crippen LogP contribution < -0.4 is 5.32 Å². The third-order valence-corrected chi connectivity index (χ3v) is 10.2. The lowest BCUT2D eigenvalue weighted by Crippen LogP contribution is -2.43. The summed E-state index contributed by atoms with van der Waals surface area (Å²) in [5, 5.41) is 3.47. The minimum atomic E-state index is -3.54. The first kappa shape index (κ1) is 32.3. The van der Waals surface area contributed by atoms with Gasteiger partial charge in [-0.1, -0.05) is 84.4 Å². The maximum atomic E-state index is 14.0. The number of carbonyl (C=O) groups is 2. The highest BCUT2D eigenvalue weighted by molar-refractivity contribution is 7.89.